The van der Waals surface area contributed by atoms with Gasteiger partial charge in [-0.2, -0.15) is 30.4 Å². The topological polar surface area (TPSA) is 94.1 Å². The first-order valence-electron chi connectivity index (χ1n) is 9.31. The smallest absolute Gasteiger partial charge is 0.363 e. The van der Waals surface area contributed by atoms with Gasteiger partial charge in [-0.3, -0.25) is 4.18 Å². The Morgan fingerprint density at radius 1 is 1.18 bits per heavy atom. The quantitative estimate of drug-likeness (QED) is 0.176. The number of nitrogens with zero attached hydrogens (tertiary/aromatic N) is 3. The van der Waals surface area contributed by atoms with E-state index in [0.717, 1.165) is 6.07 Å². The third-order valence-electron chi connectivity index (χ3n) is 4.58. The highest BCUT2D eigenvalue weighted by Gasteiger charge is 2.49. The van der Waals surface area contributed by atoms with Crippen molar-refractivity contribution in [2.45, 2.75) is 31.3 Å². The van der Waals surface area contributed by atoms with Crippen molar-refractivity contribution in [3.8, 4) is 0 Å². The van der Waals surface area contributed by atoms with Gasteiger partial charge >= 0.3 is 15.6 Å². The molecule has 0 spiro atoms. The van der Waals surface area contributed by atoms with Gasteiger partial charge in [0.15, 0.2) is 0 Å². The molecule has 0 amide bonds. The first kappa shape index (κ1) is 26.1. The molecule has 0 aliphatic rings. The van der Waals surface area contributed by atoms with Crippen molar-refractivity contribution in [1.29, 1.82) is 0 Å². The Hall–Kier alpha value is -2.52. The molecule has 1 aromatic carbocycles. The summed E-state index contributed by atoms with van der Waals surface area (Å²) in [6.45, 7) is 0.826. The molecular weight excluding hydrogens is 558 g/mol. The van der Waals surface area contributed by atoms with Crippen LogP contribution in [0.5, 0.6) is 0 Å². The molecule has 7 nitrogen and oxygen atoms in total. The van der Waals surface area contributed by atoms with Gasteiger partial charge in [0.25, 0.3) is 5.92 Å². The minimum atomic E-state index is -6.29. The van der Waals surface area contributed by atoms with E-state index in [2.05, 4.69) is 40.4 Å². The SMILES string of the molecule is Cc1nc(NC(C)c2cccc(C(F)(F)COS(=O)(=O)C(F)(F)F)c2F)c2cc(Br)ncc2n1. The number of aromatic nitrogens is 3. The molecule has 34 heavy (non-hydrogen) atoms. The summed E-state index contributed by atoms with van der Waals surface area (Å²) in [5, 5.41) is 3.41. The van der Waals surface area contributed by atoms with Gasteiger partial charge < -0.3 is 5.32 Å². The average molecular weight is 573 g/mol. The van der Waals surface area contributed by atoms with Crippen molar-refractivity contribution in [2.24, 2.45) is 0 Å². The molecule has 0 saturated heterocycles. The number of rotatable bonds is 7. The number of aryl methyl sites for hydroxylation is 1. The number of halogens is 7. The molecule has 0 bridgehead atoms. The fraction of sp³-hybridized carbons (Fsp3) is 0.316. The average Bonchev–Trinajstić information content (AvgIpc) is 2.72. The van der Waals surface area contributed by atoms with Crippen LogP contribution in [0.3, 0.4) is 0 Å². The third kappa shape index (κ3) is 5.41. The van der Waals surface area contributed by atoms with Crippen LogP contribution in [0.25, 0.3) is 10.9 Å². The molecule has 0 aliphatic carbocycles. The Morgan fingerprint density at radius 2 is 1.85 bits per heavy atom. The summed E-state index contributed by atoms with van der Waals surface area (Å²) in [5.74, 6) is -5.21. The van der Waals surface area contributed by atoms with Crippen molar-refractivity contribution in [1.82, 2.24) is 15.0 Å². The standard InChI is InChI=1S/C19H15BrF6N4O3S/c1-9(28-17-12-6-15(20)27-7-14(12)29-10(2)30-17)11-4-3-5-13(16(11)21)18(22,23)8-33-34(31,32)19(24,25)26/h3-7,9H,8H2,1-2H3,(H,28,29,30). The molecule has 0 radical (unpaired) electrons. The van der Waals surface area contributed by atoms with Crippen LogP contribution >= 0.6 is 15.9 Å². The van der Waals surface area contributed by atoms with Crippen molar-refractivity contribution in [3.05, 3.63) is 57.8 Å². The Bertz CT molecular complexity index is 1340. The van der Waals surface area contributed by atoms with E-state index in [1.165, 1.54) is 19.2 Å². The van der Waals surface area contributed by atoms with Crippen molar-refractivity contribution in [3.63, 3.8) is 0 Å². The lowest BCUT2D eigenvalue weighted by atomic mass is 10.00. The van der Waals surface area contributed by atoms with E-state index in [4.69, 9.17) is 0 Å². The maximum atomic E-state index is 15.0. The first-order valence-corrected chi connectivity index (χ1v) is 11.5. The van der Waals surface area contributed by atoms with Crippen LogP contribution in [-0.4, -0.2) is 35.5 Å². The Balaban J connectivity index is 1.92. The number of alkyl halides is 5. The summed E-state index contributed by atoms with van der Waals surface area (Å²) in [4.78, 5) is 12.5. The van der Waals surface area contributed by atoms with Crippen LogP contribution in [0.15, 0.2) is 35.1 Å². The van der Waals surface area contributed by atoms with E-state index in [1.54, 1.807) is 13.0 Å². The van der Waals surface area contributed by atoms with Gasteiger partial charge in [0.05, 0.1) is 23.3 Å². The van der Waals surface area contributed by atoms with Crippen LogP contribution in [0.1, 0.15) is 29.9 Å². The lowest BCUT2D eigenvalue weighted by Gasteiger charge is -2.22. The van der Waals surface area contributed by atoms with Crippen LogP contribution in [0, 0.1) is 12.7 Å². The predicted octanol–water partition coefficient (Wildman–Crippen LogP) is 5.37. The second-order valence-electron chi connectivity index (χ2n) is 7.08. The van der Waals surface area contributed by atoms with Gasteiger partial charge in [0.2, 0.25) is 0 Å². The molecule has 2 aromatic heterocycles. The summed E-state index contributed by atoms with van der Waals surface area (Å²) < 4.78 is 107. The lowest BCUT2D eigenvalue weighted by molar-refractivity contribution is -0.0757. The predicted molar refractivity (Wildman–Crippen MR) is 113 cm³/mol. The molecule has 0 aliphatic heterocycles. The Kier molecular flexibility index (Phi) is 7.11. The van der Waals surface area contributed by atoms with E-state index in [9.17, 15) is 30.4 Å². The molecular formula is C19H15BrF6N4O3S. The van der Waals surface area contributed by atoms with Gasteiger partial charge in [0.1, 0.15) is 28.7 Å². The van der Waals surface area contributed by atoms with Gasteiger partial charge in [-0.25, -0.2) is 19.3 Å². The number of fused-ring (bicyclic) bond motifs is 1. The minimum Gasteiger partial charge on any atom is -0.363 e. The van der Waals surface area contributed by atoms with Gasteiger partial charge in [-0.1, -0.05) is 12.1 Å². The number of benzene rings is 1. The molecule has 2 heterocycles. The fourth-order valence-electron chi connectivity index (χ4n) is 2.98. The van der Waals surface area contributed by atoms with Crippen LogP contribution < -0.4 is 5.32 Å². The molecule has 1 unspecified atom stereocenters. The number of hydrogen-bond donors (Lipinski definition) is 1. The second kappa shape index (κ2) is 9.26. The third-order valence-corrected chi connectivity index (χ3v) is 6.01. The highest BCUT2D eigenvalue weighted by atomic mass is 79.9. The zero-order valence-electron chi connectivity index (χ0n) is 17.3. The number of pyridine rings is 1. The second-order valence-corrected chi connectivity index (χ2v) is 9.50. The summed E-state index contributed by atoms with van der Waals surface area (Å²) >= 11 is 3.22. The molecule has 184 valence electrons. The zero-order chi connectivity index (χ0) is 25.5. The van der Waals surface area contributed by atoms with E-state index >= 15 is 4.39 Å². The molecule has 0 saturated carbocycles. The van der Waals surface area contributed by atoms with E-state index < -0.39 is 45.6 Å². The normalized spacial score (nSPS) is 13.8. The zero-order valence-corrected chi connectivity index (χ0v) is 19.7. The molecule has 15 heteroatoms. The van der Waals surface area contributed by atoms with Crippen molar-refractivity contribution < 1.29 is 38.9 Å². The maximum Gasteiger partial charge on any atom is 0.523 e. The molecule has 0 fully saturated rings. The highest BCUT2D eigenvalue weighted by Crippen LogP contribution is 2.36. The molecule has 3 rings (SSSR count). The first-order chi connectivity index (χ1) is 15.6. The summed E-state index contributed by atoms with van der Waals surface area (Å²) in [6, 6.07) is 3.53. The maximum absolute atomic E-state index is 15.0. The van der Waals surface area contributed by atoms with E-state index in [-0.39, 0.29) is 11.4 Å². The monoisotopic (exact) mass is 572 g/mol. The summed E-state index contributed by atoms with van der Waals surface area (Å²) in [7, 11) is -6.29. The number of anilines is 1. The number of nitrogens with one attached hydrogen (secondary N) is 1. The van der Waals surface area contributed by atoms with E-state index in [1.807, 2.05) is 0 Å². The Morgan fingerprint density at radius 3 is 2.50 bits per heavy atom. The summed E-state index contributed by atoms with van der Waals surface area (Å²) in [6.07, 6.45) is 1.47. The van der Waals surface area contributed by atoms with Gasteiger partial charge in [0, 0.05) is 10.9 Å². The van der Waals surface area contributed by atoms with Gasteiger partial charge in [-0.05, 0) is 41.9 Å². The molecule has 1 N–H and O–H groups in total. The largest absolute Gasteiger partial charge is 0.523 e. The molecule has 1 atom stereocenters. The lowest BCUT2D eigenvalue weighted by Crippen LogP contribution is -2.31. The number of hydrogen-bond acceptors (Lipinski definition) is 7. The van der Waals surface area contributed by atoms with Crippen LogP contribution in [0.2, 0.25) is 0 Å². The van der Waals surface area contributed by atoms with Crippen LogP contribution in [0.4, 0.5) is 32.2 Å². The summed E-state index contributed by atoms with van der Waals surface area (Å²) in [5.41, 5.74) is -7.03. The minimum absolute atomic E-state index is 0.259. The van der Waals surface area contributed by atoms with Crippen LogP contribution in [-0.2, 0) is 20.2 Å². The highest BCUT2D eigenvalue weighted by molar-refractivity contribution is 9.10. The molecule has 3 aromatic rings. The van der Waals surface area contributed by atoms with Crippen molar-refractivity contribution in [2.75, 3.05) is 11.9 Å². The Labute approximate surface area is 197 Å². The fourth-order valence-corrected chi connectivity index (χ4v) is 3.75. The van der Waals surface area contributed by atoms with Gasteiger partial charge in [-0.15, -0.1) is 0 Å². The van der Waals surface area contributed by atoms with Crippen molar-refractivity contribution >= 4 is 42.8 Å². The van der Waals surface area contributed by atoms with E-state index in [0.29, 0.717) is 27.4 Å².